The number of rotatable bonds is 22. The number of aryl methyl sites for hydroxylation is 1. The number of halogens is 2. The Labute approximate surface area is 891 Å². The van der Waals surface area contributed by atoms with Gasteiger partial charge in [0.25, 0.3) is 35.4 Å². The van der Waals surface area contributed by atoms with Gasteiger partial charge in [-0.1, -0.05) is 28.5 Å². The first-order chi connectivity index (χ1) is 71.6. The predicted octanol–water partition coefficient (Wildman–Crippen LogP) is 21.7. The first-order valence-electron chi connectivity index (χ1n) is 43.7. The number of oxime groups is 1. The predicted molar refractivity (Wildman–Crippen MR) is 591 cm³/mol. The van der Waals surface area contributed by atoms with Crippen LogP contribution in [-0.2, 0) is 0 Å². The van der Waals surface area contributed by atoms with Crippen LogP contribution in [0.4, 0.5) is 5.69 Å². The highest BCUT2D eigenvalue weighted by molar-refractivity contribution is 14.1. The molecular formula is C103H88ClIN20O16S7. The number of amides is 6. The Morgan fingerprint density at radius 3 is 0.959 bits per heavy atom. The molecule has 0 unspecified atom stereocenters. The van der Waals surface area contributed by atoms with Crippen molar-refractivity contribution >= 4 is 228 Å². The molecule has 1 aliphatic heterocycles. The average Bonchev–Trinajstić information content (AvgIpc) is 1.68. The summed E-state index contributed by atoms with van der Waals surface area (Å²) in [6.07, 6.45) is 20.2. The second-order valence-corrected chi connectivity index (χ2v) is 38.7. The summed E-state index contributed by atoms with van der Waals surface area (Å²) in [5.41, 5.74) is 9.71. The maximum Gasteiger partial charge on any atom is 0.261 e. The Bertz CT molecular complexity index is 8130. The fraction of sp³-hybridized carbons (Fsp3) is 0.0971. The summed E-state index contributed by atoms with van der Waals surface area (Å²) in [5, 5.41) is 55.2. The molecule has 21 rings (SSSR count). The van der Waals surface area contributed by atoms with E-state index in [-0.39, 0.29) is 53.7 Å². The minimum Gasteiger partial charge on any atom is -0.455 e. The standard InChI is InChI=1S/C19H14N2O2S2.C18H14N4O3S.C18H16N4O2S.C16H14N4O3S.C16H11N3O2S.C15H11IN2O2S.CH4O.ClH.H3NO/c1-20-19(22)17-9-14-15(10-21-11-18(14)25-17)23-13-6-4-12(5-7-13)16-3-2-8-24-16;1-10-21-17(22-25-10)11-3-5-12(6-4-11)24-14-8-20-9-16-13(14)7-15(26-16)18(23)19-2;1-19-18(23)15-8-13-14(9-20-10-16(13)25-15)24-12-4-2-11(3-5-12)17-21-6-7-22-17;1-18-16(21)13-6-11-12(7-19-8-14(11)24-13)23-10-4-2-9(3-5-10)15(17)20-22;1-17-10-3-5-11(6-4-10)21-13-8-19-9-15-12(13)7-14(22-15)16(20)18-2;1-17-15(19)13-6-11-12(7-18-8-14(11)21-13)20-10-4-2-9(16)3-5-10;1-2;;1-2/h2-11H,1H3,(H,20,22);3-9H,1-2H3,(H,19,23);2-5,8-10H,6-7H2,1H3,(H,19,23)(H,21,22);2-8,22H,1H3,(H2,17,20)(H,18,21);3-9H,2H3,(H,18,20);2-8H,1H3,(H,17,19);2H,1H3;1H;2H,1H2. The lowest BCUT2D eigenvalue weighted by atomic mass is 10.2. The third-order valence-corrected chi connectivity index (χ3v) is 28.7. The van der Waals surface area contributed by atoms with Crippen molar-refractivity contribution in [3.63, 3.8) is 0 Å². The zero-order chi connectivity index (χ0) is 104. The van der Waals surface area contributed by atoms with Crippen molar-refractivity contribution in [2.75, 3.05) is 62.5 Å². The van der Waals surface area contributed by atoms with Gasteiger partial charge in [-0.25, -0.2) is 10.7 Å². The molecule has 0 aliphatic carbocycles. The van der Waals surface area contributed by atoms with Crippen molar-refractivity contribution in [1.29, 1.82) is 0 Å². The van der Waals surface area contributed by atoms with Crippen molar-refractivity contribution in [3.05, 3.63) is 335 Å². The molecular weight excluding hydrogens is 2160 g/mol. The molecule has 0 atom stereocenters. The molecule has 14 aromatic heterocycles. The molecule has 36 nitrogen and oxygen atoms in total. The number of aromatic nitrogens is 8. The van der Waals surface area contributed by atoms with Crippen molar-refractivity contribution in [2.45, 2.75) is 6.92 Å². The van der Waals surface area contributed by atoms with E-state index < -0.39 is 0 Å². The summed E-state index contributed by atoms with van der Waals surface area (Å²) in [5.74, 6) is 12.5. The molecule has 6 amide bonds. The van der Waals surface area contributed by atoms with E-state index in [2.05, 4.69) is 132 Å². The van der Waals surface area contributed by atoms with Crippen molar-refractivity contribution in [2.24, 2.45) is 21.8 Å². The van der Waals surface area contributed by atoms with E-state index in [1.165, 1.54) is 72.9 Å². The number of aliphatic imine (C=N–C) groups is 1. The van der Waals surface area contributed by atoms with Gasteiger partial charge in [-0.05, 0) is 209 Å². The van der Waals surface area contributed by atoms with E-state index in [4.69, 9.17) is 60.8 Å². The van der Waals surface area contributed by atoms with Crippen molar-refractivity contribution in [3.8, 4) is 90.8 Å². The maximum absolute atomic E-state index is 11.8. The van der Waals surface area contributed by atoms with E-state index in [1.54, 1.807) is 196 Å². The number of ether oxygens (including phenoxy) is 6. The van der Waals surface area contributed by atoms with E-state index in [1.807, 2.05) is 127 Å². The summed E-state index contributed by atoms with van der Waals surface area (Å²) in [7, 11) is 10.7. The lowest BCUT2D eigenvalue weighted by molar-refractivity contribution is 0.0959. The Morgan fingerprint density at radius 1 is 0.419 bits per heavy atom. The maximum atomic E-state index is 11.8. The zero-order valence-electron chi connectivity index (χ0n) is 79.3. The normalized spacial score (nSPS) is 10.9. The van der Waals surface area contributed by atoms with E-state index >= 15 is 0 Å². The Kier molecular flexibility index (Phi) is 38.9. The van der Waals surface area contributed by atoms with Crippen molar-refractivity contribution in [1.82, 2.24) is 77.3 Å². The van der Waals surface area contributed by atoms with E-state index in [9.17, 15) is 28.8 Å². The minimum absolute atomic E-state index is 0. The molecule has 15 heterocycles. The lowest BCUT2D eigenvalue weighted by Crippen LogP contribution is -2.19. The molecule has 0 fully saturated rings. The van der Waals surface area contributed by atoms with Crippen LogP contribution in [0.1, 0.15) is 75.0 Å². The SMILES string of the molecule is CNC(=O)c1cc2c(Oc3ccc(-c4cccs4)cc3)cncc2s1.CNC(=O)c1cc2c(Oc3ccc(-c4noc(C)n4)cc3)cncc2s1.CNC(=O)c1cc2c(Oc3ccc(/C(N)=N/O)cc3)cncc2s1.CNC(=O)c1cc2c(Oc3ccc(C4=NCCN4)cc3)cncc2s1.CNC(=O)c1cc2c(Oc3ccc(I)cc3)cncc2s1.CO.Cl.NO.[C-]#[N+]c1ccc(Oc2cncc3sc(C(=O)NC)cc23)cc1. The monoisotopic (exact) mass is 2250 g/mol. The fourth-order valence-electron chi connectivity index (χ4n) is 13.6. The molecule has 0 spiro atoms. The molecule has 148 heavy (non-hydrogen) atoms. The Hall–Kier alpha value is -16.4. The molecule has 0 saturated carbocycles. The number of carbonyl (C=O) groups is 6. The van der Waals surface area contributed by atoms with Gasteiger partial charge in [-0.2, -0.15) is 4.98 Å². The molecule has 14 N–H and O–H groups in total. The quantitative estimate of drug-likeness (QED) is 0.00749. The molecule has 0 bridgehead atoms. The second kappa shape index (κ2) is 52.9. The van der Waals surface area contributed by atoms with Crippen LogP contribution in [0.2, 0.25) is 0 Å². The van der Waals surface area contributed by atoms with Gasteiger partial charge in [0.05, 0.1) is 108 Å². The van der Waals surface area contributed by atoms with Crippen LogP contribution in [0.25, 0.3) is 87.2 Å². The molecule has 752 valence electrons. The zero-order valence-corrected chi connectivity index (χ0v) is 88.0. The van der Waals surface area contributed by atoms with Gasteiger partial charge in [0.1, 0.15) is 40.3 Å². The van der Waals surface area contributed by atoms with E-state index in [0.29, 0.717) is 110 Å². The summed E-state index contributed by atoms with van der Waals surface area (Å²) in [6, 6.07) is 59.5. The third kappa shape index (κ3) is 27.6. The number of pyridine rings is 6. The van der Waals surface area contributed by atoms with Crippen molar-refractivity contribution < 1.29 is 77.2 Å². The van der Waals surface area contributed by atoms with E-state index in [0.717, 1.165) is 118 Å². The number of thiophene rings is 7. The fourth-order valence-corrected chi connectivity index (χ4v) is 20.7. The summed E-state index contributed by atoms with van der Waals surface area (Å²) in [6.45, 7) is 10.4. The highest BCUT2D eigenvalue weighted by Crippen LogP contribution is 2.43. The molecule has 6 aromatic carbocycles. The van der Waals surface area contributed by atoms with Gasteiger partial charge in [0.2, 0.25) is 11.7 Å². The number of nitrogens with one attached hydrogen (secondary N) is 7. The highest BCUT2D eigenvalue weighted by atomic mass is 127. The number of fused-ring (bicyclic) bond motifs is 6. The first-order valence-corrected chi connectivity index (χ1v) is 50.6. The number of benzene rings is 6. The summed E-state index contributed by atoms with van der Waals surface area (Å²) < 4.78 is 47.1. The van der Waals surface area contributed by atoms with Gasteiger partial charge in [0.15, 0.2) is 46.0 Å². The van der Waals surface area contributed by atoms with Gasteiger partial charge >= 0.3 is 0 Å². The van der Waals surface area contributed by atoms with Crippen LogP contribution < -0.4 is 77.3 Å². The number of carbonyl (C=O) groups excluding carboxylic acids is 6. The Balaban J connectivity index is 0.000000147. The Morgan fingerprint density at radius 2 is 0.703 bits per heavy atom. The molecule has 1 aliphatic rings. The van der Waals surface area contributed by atoms with Crippen LogP contribution >= 0.6 is 114 Å². The number of aliphatic hydroxyl groups excluding tert-OH is 1. The molecule has 45 heteroatoms. The largest absolute Gasteiger partial charge is 0.455 e. The average molecular weight is 2250 g/mol. The lowest BCUT2D eigenvalue weighted by Gasteiger charge is -2.08. The first kappa shape index (κ1) is 109. The van der Waals surface area contributed by atoms with Crippen LogP contribution in [-0.4, -0.2) is 165 Å². The number of nitrogens with zero attached hydrogens (tertiary/aromatic N) is 11. The summed E-state index contributed by atoms with van der Waals surface area (Å²) in [4.78, 5) is 113. The number of aliphatic hydroxyl groups is 1. The molecule has 0 saturated heterocycles. The number of hydrogen-bond acceptors (Lipinski definition) is 35. The number of nitrogens with two attached hydrogens (primary N) is 2. The smallest absolute Gasteiger partial charge is 0.261 e. The minimum atomic E-state index is -0.148. The van der Waals surface area contributed by atoms with Crippen LogP contribution in [0.3, 0.4) is 0 Å². The van der Waals surface area contributed by atoms with Gasteiger partial charge < -0.3 is 91.4 Å². The topological polar surface area (TPSA) is 500 Å². The summed E-state index contributed by atoms with van der Waals surface area (Å²) >= 11 is 12.2. The second-order valence-electron chi connectivity index (χ2n) is 30.0. The third-order valence-electron chi connectivity index (χ3n) is 20.7. The number of hydrogen-bond donors (Lipinski definition) is 12. The van der Waals surface area contributed by atoms with Gasteiger partial charge in [-0.3, -0.25) is 63.7 Å². The number of amidine groups is 2. The van der Waals surface area contributed by atoms with Crippen LogP contribution in [0.5, 0.6) is 69.0 Å². The molecule has 0 radical (unpaired) electrons. The van der Waals surface area contributed by atoms with Gasteiger partial charge in [-0.15, -0.1) is 91.8 Å². The molecule has 20 aromatic rings. The highest BCUT2D eigenvalue weighted by Gasteiger charge is 2.22. The van der Waals surface area contributed by atoms with Crippen LogP contribution in [0, 0.1) is 17.1 Å². The van der Waals surface area contributed by atoms with Crippen LogP contribution in [0.15, 0.2) is 289 Å². The van der Waals surface area contributed by atoms with Gasteiger partial charge in [0, 0.05) is 158 Å².